The van der Waals surface area contributed by atoms with E-state index in [1.54, 1.807) is 22.7 Å². The molecule has 1 aliphatic heterocycles. The first-order valence-corrected chi connectivity index (χ1v) is 10.0. The lowest BCUT2D eigenvalue weighted by Crippen LogP contribution is -2.31. The third kappa shape index (κ3) is 3.13. The number of hydrogen-bond acceptors (Lipinski definition) is 4. The van der Waals surface area contributed by atoms with Crippen LogP contribution in [0.2, 0.25) is 0 Å². The molecule has 2 aromatic heterocycles. The molecule has 3 heterocycles. The molecule has 126 valence electrons. The Morgan fingerprint density at radius 2 is 1.96 bits per heavy atom. The lowest BCUT2D eigenvalue weighted by molar-refractivity contribution is -0.130. The Hall–Kier alpha value is -1.66. The van der Waals surface area contributed by atoms with Crippen LogP contribution >= 0.6 is 22.7 Å². The molecule has 1 N–H and O–H groups in total. The van der Waals surface area contributed by atoms with Crippen molar-refractivity contribution in [3.8, 4) is 0 Å². The van der Waals surface area contributed by atoms with E-state index in [0.29, 0.717) is 13.0 Å². The zero-order chi connectivity index (χ0) is 16.6. The van der Waals surface area contributed by atoms with Crippen LogP contribution in [0.25, 0.3) is 0 Å². The monoisotopic (exact) mass is 360 g/mol. The lowest BCUT2D eigenvalue weighted by atomic mass is 10.0. The molecule has 1 aliphatic carbocycles. The van der Waals surface area contributed by atoms with E-state index in [1.165, 1.54) is 4.88 Å². The first-order valence-electron chi connectivity index (χ1n) is 8.27. The molecule has 2 atom stereocenters. The van der Waals surface area contributed by atoms with Gasteiger partial charge in [0, 0.05) is 34.2 Å². The van der Waals surface area contributed by atoms with Gasteiger partial charge < -0.3 is 10.2 Å². The molecule has 4 nitrogen and oxygen atoms in total. The van der Waals surface area contributed by atoms with Gasteiger partial charge in [-0.2, -0.15) is 0 Å². The molecule has 4 rings (SSSR count). The standard InChI is InChI=1S/C18H20N2O2S2/c21-16(9-13-3-1-7-23-13)20-6-5-18(12-20)10-15(18)17(22)19-11-14-4-2-8-24-14/h1-4,7-8,15H,5-6,9-12H2,(H,19,22). The molecule has 24 heavy (non-hydrogen) atoms. The van der Waals surface area contributed by atoms with Crippen LogP contribution in [0.15, 0.2) is 35.0 Å². The van der Waals surface area contributed by atoms with Crippen LogP contribution in [0.4, 0.5) is 0 Å². The molecular formula is C18H20N2O2S2. The van der Waals surface area contributed by atoms with Gasteiger partial charge in [0.1, 0.15) is 0 Å². The van der Waals surface area contributed by atoms with Crippen LogP contribution in [0, 0.1) is 11.3 Å². The first kappa shape index (κ1) is 15.8. The second-order valence-electron chi connectivity index (χ2n) is 6.74. The summed E-state index contributed by atoms with van der Waals surface area (Å²) in [5.74, 6) is 0.423. The summed E-state index contributed by atoms with van der Waals surface area (Å²) in [5, 5.41) is 7.07. The van der Waals surface area contributed by atoms with Crippen molar-refractivity contribution in [2.75, 3.05) is 13.1 Å². The van der Waals surface area contributed by atoms with E-state index in [4.69, 9.17) is 0 Å². The Labute approximate surface area is 149 Å². The Bertz CT molecular complexity index is 726. The maximum Gasteiger partial charge on any atom is 0.227 e. The van der Waals surface area contributed by atoms with E-state index in [0.717, 1.165) is 30.8 Å². The smallest absolute Gasteiger partial charge is 0.227 e. The summed E-state index contributed by atoms with van der Waals surface area (Å²) in [6.07, 6.45) is 2.37. The van der Waals surface area contributed by atoms with Crippen molar-refractivity contribution < 1.29 is 9.59 Å². The van der Waals surface area contributed by atoms with Crippen LogP contribution in [0.1, 0.15) is 22.6 Å². The van der Waals surface area contributed by atoms with Crippen molar-refractivity contribution in [2.45, 2.75) is 25.8 Å². The van der Waals surface area contributed by atoms with Gasteiger partial charge in [0.2, 0.25) is 11.8 Å². The number of nitrogens with one attached hydrogen (secondary N) is 1. The zero-order valence-electron chi connectivity index (χ0n) is 13.4. The Morgan fingerprint density at radius 1 is 1.21 bits per heavy atom. The number of nitrogens with zero attached hydrogens (tertiary/aromatic N) is 1. The maximum atomic E-state index is 12.4. The number of amides is 2. The molecule has 1 saturated carbocycles. The van der Waals surface area contributed by atoms with Gasteiger partial charge in [-0.05, 0) is 35.7 Å². The van der Waals surface area contributed by atoms with Crippen LogP contribution in [0.5, 0.6) is 0 Å². The fraction of sp³-hybridized carbons (Fsp3) is 0.444. The maximum absolute atomic E-state index is 12.4. The molecule has 0 radical (unpaired) electrons. The highest BCUT2D eigenvalue weighted by Crippen LogP contribution is 2.58. The first-order chi connectivity index (χ1) is 11.7. The van der Waals surface area contributed by atoms with Crippen molar-refractivity contribution in [2.24, 2.45) is 11.3 Å². The molecule has 2 unspecified atom stereocenters. The van der Waals surface area contributed by atoms with Crippen LogP contribution in [-0.2, 0) is 22.6 Å². The van der Waals surface area contributed by atoms with Crippen molar-refractivity contribution in [1.29, 1.82) is 0 Å². The molecule has 2 amide bonds. The van der Waals surface area contributed by atoms with E-state index in [9.17, 15) is 9.59 Å². The molecule has 6 heteroatoms. The molecule has 1 spiro atoms. The summed E-state index contributed by atoms with van der Waals surface area (Å²) < 4.78 is 0. The Morgan fingerprint density at radius 3 is 2.67 bits per heavy atom. The Balaban J connectivity index is 1.29. The zero-order valence-corrected chi connectivity index (χ0v) is 15.0. The second-order valence-corrected chi connectivity index (χ2v) is 8.80. The summed E-state index contributed by atoms with van der Waals surface area (Å²) in [5.41, 5.74) is 0.0463. The minimum Gasteiger partial charge on any atom is -0.351 e. The highest BCUT2D eigenvalue weighted by Gasteiger charge is 2.61. The van der Waals surface area contributed by atoms with E-state index in [-0.39, 0.29) is 23.1 Å². The third-order valence-electron chi connectivity index (χ3n) is 5.17. The molecule has 0 aromatic carbocycles. The van der Waals surface area contributed by atoms with Crippen molar-refractivity contribution in [3.63, 3.8) is 0 Å². The fourth-order valence-electron chi connectivity index (χ4n) is 3.66. The van der Waals surface area contributed by atoms with Gasteiger partial charge in [0.15, 0.2) is 0 Å². The van der Waals surface area contributed by atoms with E-state index < -0.39 is 0 Å². The lowest BCUT2D eigenvalue weighted by Gasteiger charge is -2.16. The minimum absolute atomic E-state index is 0.0463. The van der Waals surface area contributed by atoms with Crippen LogP contribution in [-0.4, -0.2) is 29.8 Å². The molecular weight excluding hydrogens is 340 g/mol. The van der Waals surface area contributed by atoms with E-state index in [1.807, 2.05) is 39.9 Å². The SMILES string of the molecule is O=C(NCc1cccs1)C1CC12CCN(C(=O)Cc1cccs1)C2. The normalized spacial score (nSPS) is 25.2. The number of hydrogen-bond donors (Lipinski definition) is 1. The van der Waals surface area contributed by atoms with Gasteiger partial charge in [-0.15, -0.1) is 22.7 Å². The molecule has 2 aromatic rings. The van der Waals surface area contributed by atoms with Gasteiger partial charge in [0.05, 0.1) is 13.0 Å². The number of rotatable bonds is 5. The number of likely N-dealkylation sites (tertiary alicyclic amines) is 1. The molecule has 2 fully saturated rings. The summed E-state index contributed by atoms with van der Waals surface area (Å²) in [4.78, 5) is 29.0. The summed E-state index contributed by atoms with van der Waals surface area (Å²) in [6, 6.07) is 8.02. The average molecular weight is 361 g/mol. The van der Waals surface area contributed by atoms with Gasteiger partial charge >= 0.3 is 0 Å². The molecule has 1 saturated heterocycles. The summed E-state index contributed by atoms with van der Waals surface area (Å²) >= 11 is 3.29. The van der Waals surface area contributed by atoms with Gasteiger partial charge in [-0.1, -0.05) is 12.1 Å². The van der Waals surface area contributed by atoms with Crippen LogP contribution < -0.4 is 5.32 Å². The van der Waals surface area contributed by atoms with Gasteiger partial charge in [-0.25, -0.2) is 0 Å². The van der Waals surface area contributed by atoms with Crippen LogP contribution in [0.3, 0.4) is 0 Å². The predicted octanol–water partition coefficient (Wildman–Crippen LogP) is 2.91. The summed E-state index contributed by atoms with van der Waals surface area (Å²) in [6.45, 7) is 2.15. The number of thiophene rings is 2. The topological polar surface area (TPSA) is 49.4 Å². The van der Waals surface area contributed by atoms with E-state index in [2.05, 4.69) is 5.32 Å². The average Bonchev–Trinajstić information content (AvgIpc) is 3.07. The largest absolute Gasteiger partial charge is 0.351 e. The van der Waals surface area contributed by atoms with Gasteiger partial charge in [-0.3, -0.25) is 9.59 Å². The quantitative estimate of drug-likeness (QED) is 0.891. The second kappa shape index (κ2) is 6.33. The third-order valence-corrected chi connectivity index (χ3v) is 6.92. The fourth-order valence-corrected chi connectivity index (χ4v) is 5.00. The predicted molar refractivity (Wildman–Crippen MR) is 95.9 cm³/mol. The highest BCUT2D eigenvalue weighted by atomic mass is 32.1. The minimum atomic E-state index is 0.0463. The van der Waals surface area contributed by atoms with Gasteiger partial charge in [0.25, 0.3) is 0 Å². The number of carbonyl (C=O) groups excluding carboxylic acids is 2. The molecule has 0 bridgehead atoms. The number of carbonyl (C=O) groups is 2. The Kier molecular flexibility index (Phi) is 4.18. The van der Waals surface area contributed by atoms with Crippen molar-refractivity contribution >= 4 is 34.5 Å². The van der Waals surface area contributed by atoms with Crippen molar-refractivity contribution in [1.82, 2.24) is 10.2 Å². The molecule has 2 aliphatic rings. The van der Waals surface area contributed by atoms with Crippen molar-refractivity contribution in [3.05, 3.63) is 44.8 Å². The summed E-state index contributed by atoms with van der Waals surface area (Å²) in [7, 11) is 0. The van der Waals surface area contributed by atoms with E-state index >= 15 is 0 Å². The highest BCUT2D eigenvalue weighted by molar-refractivity contribution is 7.10.